The van der Waals surface area contributed by atoms with Crippen LogP contribution in [0.1, 0.15) is 24.0 Å². The number of nitrogens with one attached hydrogen (secondary N) is 2. The smallest absolute Gasteiger partial charge is 0.240 e. The summed E-state index contributed by atoms with van der Waals surface area (Å²) < 4.78 is 0. The molecule has 24 heavy (non-hydrogen) atoms. The Labute approximate surface area is 145 Å². The van der Waals surface area contributed by atoms with Crippen LogP contribution in [0, 0.1) is 12.3 Å². The van der Waals surface area contributed by atoms with E-state index < -0.39 is 5.41 Å². The van der Waals surface area contributed by atoms with Gasteiger partial charge in [-0.25, -0.2) is 0 Å². The largest absolute Gasteiger partial charge is 0.351 e. The molecule has 0 saturated heterocycles. The molecule has 1 aromatic carbocycles. The van der Waals surface area contributed by atoms with E-state index in [1.165, 1.54) is 0 Å². The summed E-state index contributed by atoms with van der Waals surface area (Å²) in [5.41, 5.74) is 1.51. The lowest BCUT2D eigenvalue weighted by Gasteiger charge is -2.16. The SMILES string of the molecule is Cc1ccc(NC(=O)C2(C(=O)NCc3ccncc3)CC2)cc1Cl. The maximum atomic E-state index is 12.5. The van der Waals surface area contributed by atoms with Gasteiger partial charge >= 0.3 is 0 Å². The molecule has 2 N–H and O–H groups in total. The van der Waals surface area contributed by atoms with E-state index in [0.717, 1.165) is 11.1 Å². The van der Waals surface area contributed by atoms with Gasteiger partial charge in [-0.05, 0) is 55.2 Å². The number of pyridine rings is 1. The van der Waals surface area contributed by atoms with E-state index in [0.29, 0.717) is 30.1 Å². The number of rotatable bonds is 5. The Balaban J connectivity index is 1.63. The van der Waals surface area contributed by atoms with E-state index in [1.54, 1.807) is 24.5 Å². The Morgan fingerprint density at radius 1 is 1.17 bits per heavy atom. The van der Waals surface area contributed by atoms with Crippen LogP contribution >= 0.6 is 11.6 Å². The third-order valence-electron chi connectivity index (χ3n) is 4.25. The number of carbonyl (C=O) groups is 2. The van der Waals surface area contributed by atoms with Gasteiger partial charge < -0.3 is 10.6 Å². The normalized spacial score (nSPS) is 14.8. The van der Waals surface area contributed by atoms with Gasteiger partial charge in [0.05, 0.1) is 0 Å². The van der Waals surface area contributed by atoms with Gasteiger partial charge in [-0.15, -0.1) is 0 Å². The molecule has 2 aromatic rings. The van der Waals surface area contributed by atoms with Crippen molar-refractivity contribution in [2.24, 2.45) is 5.41 Å². The number of halogens is 1. The van der Waals surface area contributed by atoms with Gasteiger partial charge in [0.25, 0.3) is 0 Å². The number of nitrogens with zero attached hydrogens (tertiary/aromatic N) is 1. The molecule has 1 aliphatic rings. The van der Waals surface area contributed by atoms with Gasteiger partial charge in [-0.1, -0.05) is 17.7 Å². The number of amides is 2. The minimum atomic E-state index is -0.968. The summed E-state index contributed by atoms with van der Waals surface area (Å²) in [4.78, 5) is 28.9. The molecule has 2 amide bonds. The molecule has 1 aromatic heterocycles. The maximum absolute atomic E-state index is 12.5. The van der Waals surface area contributed by atoms with Crippen molar-refractivity contribution in [1.29, 1.82) is 0 Å². The number of anilines is 1. The molecular weight excluding hydrogens is 326 g/mol. The second-order valence-corrected chi connectivity index (χ2v) is 6.45. The summed E-state index contributed by atoms with van der Waals surface area (Å²) in [5, 5.41) is 6.22. The molecule has 1 aliphatic carbocycles. The molecule has 0 aliphatic heterocycles. The van der Waals surface area contributed by atoms with Crippen LogP contribution in [0.4, 0.5) is 5.69 Å². The average molecular weight is 344 g/mol. The Morgan fingerprint density at radius 3 is 2.50 bits per heavy atom. The summed E-state index contributed by atoms with van der Waals surface area (Å²) >= 11 is 6.07. The van der Waals surface area contributed by atoms with Crippen molar-refractivity contribution in [3.8, 4) is 0 Å². The summed E-state index contributed by atoms with van der Waals surface area (Å²) in [6.07, 6.45) is 4.45. The van der Waals surface area contributed by atoms with Gasteiger partial charge in [-0.2, -0.15) is 0 Å². The van der Waals surface area contributed by atoms with Crippen molar-refractivity contribution in [3.63, 3.8) is 0 Å². The molecular formula is C18H18ClN3O2. The molecule has 0 unspecified atom stereocenters. The Kier molecular flexibility index (Phi) is 4.53. The number of aromatic nitrogens is 1. The lowest BCUT2D eigenvalue weighted by atomic mass is 10.0. The van der Waals surface area contributed by atoms with Crippen LogP contribution in [0.5, 0.6) is 0 Å². The molecule has 6 heteroatoms. The highest BCUT2D eigenvalue weighted by Crippen LogP contribution is 2.47. The number of carbonyl (C=O) groups excluding carboxylic acids is 2. The summed E-state index contributed by atoms with van der Waals surface area (Å²) in [6, 6.07) is 8.97. The molecule has 0 bridgehead atoms. The maximum Gasteiger partial charge on any atom is 0.240 e. The highest BCUT2D eigenvalue weighted by atomic mass is 35.5. The minimum absolute atomic E-state index is 0.241. The Bertz CT molecular complexity index is 773. The van der Waals surface area contributed by atoms with Crippen LogP contribution in [0.15, 0.2) is 42.7 Å². The standard InChI is InChI=1S/C18H18ClN3O2/c1-12-2-3-14(10-15(12)19)22-17(24)18(6-7-18)16(23)21-11-13-4-8-20-9-5-13/h2-5,8-10H,6-7,11H2,1H3,(H,21,23)(H,22,24). The van der Waals surface area contributed by atoms with Gasteiger partial charge in [-0.3, -0.25) is 14.6 Å². The van der Waals surface area contributed by atoms with Crippen molar-refractivity contribution < 1.29 is 9.59 Å². The zero-order chi connectivity index (χ0) is 17.2. The third-order valence-corrected chi connectivity index (χ3v) is 4.66. The van der Waals surface area contributed by atoms with Crippen LogP contribution in [0.2, 0.25) is 5.02 Å². The first-order chi connectivity index (χ1) is 11.5. The second-order valence-electron chi connectivity index (χ2n) is 6.04. The fraction of sp³-hybridized carbons (Fsp3) is 0.278. The molecule has 1 heterocycles. The topological polar surface area (TPSA) is 71.1 Å². The molecule has 1 saturated carbocycles. The predicted octanol–water partition coefficient (Wildman–Crippen LogP) is 3.08. The third kappa shape index (κ3) is 3.41. The monoisotopic (exact) mass is 343 g/mol. The predicted molar refractivity (Wildman–Crippen MR) is 92.6 cm³/mol. The van der Waals surface area contributed by atoms with Crippen LogP contribution < -0.4 is 10.6 Å². The van der Waals surface area contributed by atoms with Gasteiger partial charge in [0.2, 0.25) is 11.8 Å². The highest BCUT2D eigenvalue weighted by Gasteiger charge is 2.56. The minimum Gasteiger partial charge on any atom is -0.351 e. The molecule has 0 atom stereocenters. The van der Waals surface area contributed by atoms with Crippen LogP contribution in [0.3, 0.4) is 0 Å². The van der Waals surface area contributed by atoms with Gasteiger partial charge in [0.1, 0.15) is 5.41 Å². The average Bonchev–Trinajstić information content (AvgIpc) is 3.39. The molecule has 0 spiro atoms. The quantitative estimate of drug-likeness (QED) is 0.819. The van der Waals surface area contributed by atoms with Crippen LogP contribution in [0.25, 0.3) is 0 Å². The lowest BCUT2D eigenvalue weighted by molar-refractivity contribution is -0.134. The van der Waals surface area contributed by atoms with E-state index in [9.17, 15) is 9.59 Å². The van der Waals surface area contributed by atoms with E-state index in [1.807, 2.05) is 25.1 Å². The number of benzene rings is 1. The van der Waals surface area contributed by atoms with Gasteiger partial charge in [0.15, 0.2) is 0 Å². The Morgan fingerprint density at radius 2 is 1.88 bits per heavy atom. The van der Waals surface area contributed by atoms with E-state index in [2.05, 4.69) is 15.6 Å². The van der Waals surface area contributed by atoms with E-state index >= 15 is 0 Å². The van der Waals surface area contributed by atoms with Crippen molar-refractivity contribution >= 4 is 29.1 Å². The summed E-state index contributed by atoms with van der Waals surface area (Å²) in [5.74, 6) is -0.523. The van der Waals surface area contributed by atoms with Crippen molar-refractivity contribution in [3.05, 3.63) is 58.9 Å². The highest BCUT2D eigenvalue weighted by molar-refractivity contribution is 6.31. The van der Waals surface area contributed by atoms with E-state index in [4.69, 9.17) is 11.6 Å². The number of aryl methyl sites for hydroxylation is 1. The lowest BCUT2D eigenvalue weighted by Crippen LogP contribution is -2.39. The fourth-order valence-corrected chi connectivity index (χ4v) is 2.64. The zero-order valence-corrected chi connectivity index (χ0v) is 14.1. The molecule has 1 fully saturated rings. The van der Waals surface area contributed by atoms with Crippen molar-refractivity contribution in [2.75, 3.05) is 5.32 Å². The molecule has 3 rings (SSSR count). The summed E-state index contributed by atoms with van der Waals surface area (Å²) in [6.45, 7) is 2.27. The number of hydrogen-bond acceptors (Lipinski definition) is 3. The first-order valence-corrected chi connectivity index (χ1v) is 8.14. The molecule has 124 valence electrons. The molecule has 5 nitrogen and oxygen atoms in total. The second kappa shape index (κ2) is 6.61. The zero-order valence-electron chi connectivity index (χ0n) is 13.3. The van der Waals surface area contributed by atoms with Crippen LogP contribution in [-0.2, 0) is 16.1 Å². The van der Waals surface area contributed by atoms with Crippen molar-refractivity contribution in [2.45, 2.75) is 26.3 Å². The Hall–Kier alpha value is -2.40. The van der Waals surface area contributed by atoms with Crippen LogP contribution in [-0.4, -0.2) is 16.8 Å². The first-order valence-electron chi connectivity index (χ1n) is 7.76. The van der Waals surface area contributed by atoms with Crippen molar-refractivity contribution in [1.82, 2.24) is 10.3 Å². The number of hydrogen-bond donors (Lipinski definition) is 2. The van der Waals surface area contributed by atoms with Gasteiger partial charge in [0, 0.05) is 29.6 Å². The van der Waals surface area contributed by atoms with E-state index in [-0.39, 0.29) is 11.8 Å². The molecule has 0 radical (unpaired) electrons. The summed E-state index contributed by atoms with van der Waals surface area (Å²) in [7, 11) is 0. The first kappa shape index (κ1) is 16.5. The fourth-order valence-electron chi connectivity index (χ4n) is 2.46.